The zero-order valence-corrected chi connectivity index (χ0v) is 45.3. The molecule has 1 aromatic carbocycles. The molecule has 0 aliphatic carbocycles. The standard InChI is InChI=1S/C42H82O4S.C16H26OS/c1-3-5-7-9-11-13-15-17-19-21-23-25-27-29-31-33-37-45-41(43)35-39-47-40-36-42(44)46-38-34-32-30-28-26-24-22-20-18-16-14-12-10-8-6-4-2;1-3-4-5-6-7-8-12-18-13-15-10-9-11-16(17)14(15)2/h3-40H2,1-2H3;9-11,17H,3-8,12-13H2,1-2H3. The number of carbonyl (C=O) groups is 2. The summed E-state index contributed by atoms with van der Waals surface area (Å²) < 4.78 is 10.8. The Hall–Kier alpha value is -1.34. The van der Waals surface area contributed by atoms with E-state index in [9.17, 15) is 14.7 Å². The first-order valence-corrected chi connectivity index (χ1v) is 30.5. The van der Waals surface area contributed by atoms with Crippen molar-refractivity contribution < 1.29 is 24.2 Å². The Morgan fingerprint density at radius 1 is 0.415 bits per heavy atom. The van der Waals surface area contributed by atoms with Gasteiger partial charge < -0.3 is 14.6 Å². The largest absolute Gasteiger partial charge is 0.508 e. The number of ether oxygens (including phenoxy) is 2. The molecule has 1 rings (SSSR count). The van der Waals surface area contributed by atoms with E-state index in [0.29, 0.717) is 43.3 Å². The van der Waals surface area contributed by atoms with E-state index in [1.807, 2.05) is 24.8 Å². The number of benzene rings is 1. The van der Waals surface area contributed by atoms with Crippen LogP contribution in [0, 0.1) is 6.92 Å². The summed E-state index contributed by atoms with van der Waals surface area (Å²) >= 11 is 3.62. The van der Waals surface area contributed by atoms with E-state index in [1.165, 1.54) is 230 Å². The highest BCUT2D eigenvalue weighted by molar-refractivity contribution is 7.99. The van der Waals surface area contributed by atoms with E-state index >= 15 is 0 Å². The molecule has 0 atom stereocenters. The van der Waals surface area contributed by atoms with Gasteiger partial charge in [-0.25, -0.2) is 0 Å². The molecule has 0 unspecified atom stereocenters. The van der Waals surface area contributed by atoms with Crippen LogP contribution in [0.1, 0.15) is 289 Å². The lowest BCUT2D eigenvalue weighted by Gasteiger charge is -2.07. The van der Waals surface area contributed by atoms with Crippen molar-refractivity contribution in [2.75, 3.05) is 30.5 Å². The molecule has 0 bridgehead atoms. The first kappa shape index (κ1) is 63.7. The molecule has 1 aromatic rings. The normalized spacial score (nSPS) is 11.1. The maximum atomic E-state index is 12.0. The van der Waals surface area contributed by atoms with Gasteiger partial charge in [0.05, 0.1) is 26.1 Å². The van der Waals surface area contributed by atoms with Crippen LogP contribution in [-0.4, -0.2) is 47.5 Å². The minimum Gasteiger partial charge on any atom is -0.508 e. The molecule has 7 heteroatoms. The van der Waals surface area contributed by atoms with Gasteiger partial charge in [-0.1, -0.05) is 258 Å². The van der Waals surface area contributed by atoms with Crippen molar-refractivity contribution in [3.8, 4) is 5.75 Å². The SMILES string of the molecule is CCCCCCCCCCCCCCCCCCOC(=O)CCSCCC(=O)OCCCCCCCCCCCCCCCCCC.CCCCCCCCSCc1cccc(O)c1C. The molecular formula is C58H108O5S2. The summed E-state index contributed by atoms with van der Waals surface area (Å²) in [6.45, 7) is 9.92. The van der Waals surface area contributed by atoms with E-state index in [0.717, 1.165) is 37.0 Å². The number of phenols is 1. The van der Waals surface area contributed by atoms with E-state index < -0.39 is 0 Å². The van der Waals surface area contributed by atoms with Gasteiger partial charge in [0.1, 0.15) is 5.75 Å². The number of thioether (sulfide) groups is 2. The molecule has 0 heterocycles. The van der Waals surface area contributed by atoms with Crippen LogP contribution in [0.25, 0.3) is 0 Å². The highest BCUT2D eigenvalue weighted by Crippen LogP contribution is 2.24. The van der Waals surface area contributed by atoms with Crippen LogP contribution in [-0.2, 0) is 24.8 Å². The van der Waals surface area contributed by atoms with Crippen LogP contribution in [0.3, 0.4) is 0 Å². The zero-order chi connectivity index (χ0) is 47.4. The Morgan fingerprint density at radius 3 is 1.06 bits per heavy atom. The number of carbonyl (C=O) groups excluding carboxylic acids is 2. The van der Waals surface area contributed by atoms with E-state index in [4.69, 9.17) is 9.47 Å². The van der Waals surface area contributed by atoms with Crippen molar-refractivity contribution >= 4 is 35.5 Å². The third kappa shape index (κ3) is 48.9. The van der Waals surface area contributed by atoms with Crippen LogP contribution in [0.2, 0.25) is 0 Å². The minimum absolute atomic E-state index is 0.107. The van der Waals surface area contributed by atoms with Gasteiger partial charge in [0.15, 0.2) is 0 Å². The van der Waals surface area contributed by atoms with Crippen molar-refractivity contribution in [3.05, 3.63) is 29.3 Å². The fourth-order valence-electron chi connectivity index (χ4n) is 8.22. The maximum absolute atomic E-state index is 12.0. The van der Waals surface area contributed by atoms with Gasteiger partial charge in [0.25, 0.3) is 0 Å². The Kier molecular flexibility index (Phi) is 52.5. The molecule has 0 aromatic heterocycles. The number of esters is 2. The molecule has 0 radical (unpaired) electrons. The number of rotatable bonds is 49. The molecule has 0 spiro atoms. The Labute approximate surface area is 413 Å². The molecule has 5 nitrogen and oxygen atoms in total. The molecule has 0 fully saturated rings. The summed E-state index contributed by atoms with van der Waals surface area (Å²) in [7, 11) is 0. The smallest absolute Gasteiger partial charge is 0.306 e. The van der Waals surface area contributed by atoms with Gasteiger partial charge in [-0.3, -0.25) is 9.59 Å². The van der Waals surface area contributed by atoms with Crippen molar-refractivity contribution in [2.45, 2.75) is 290 Å². The summed E-state index contributed by atoms with van der Waals surface area (Å²) in [4.78, 5) is 23.9. The molecular weight excluding hydrogens is 841 g/mol. The fraction of sp³-hybridized carbons (Fsp3) is 0.862. The van der Waals surface area contributed by atoms with Crippen LogP contribution >= 0.6 is 23.5 Å². The third-order valence-electron chi connectivity index (χ3n) is 12.7. The fourth-order valence-corrected chi connectivity index (χ4v) is 10.1. The number of hydrogen-bond donors (Lipinski definition) is 1. The molecule has 0 amide bonds. The highest BCUT2D eigenvalue weighted by Gasteiger charge is 2.07. The monoisotopic (exact) mass is 949 g/mol. The molecule has 382 valence electrons. The summed E-state index contributed by atoms with van der Waals surface area (Å²) in [5.74, 6) is 3.90. The van der Waals surface area contributed by atoms with Crippen molar-refractivity contribution in [3.63, 3.8) is 0 Å². The molecule has 0 saturated carbocycles. The van der Waals surface area contributed by atoms with Gasteiger partial charge in [0.2, 0.25) is 0 Å². The average Bonchev–Trinajstić information content (AvgIpc) is 3.30. The van der Waals surface area contributed by atoms with Crippen molar-refractivity contribution in [1.29, 1.82) is 0 Å². The number of unbranched alkanes of at least 4 members (excludes halogenated alkanes) is 35. The number of aromatic hydroxyl groups is 1. The van der Waals surface area contributed by atoms with Gasteiger partial charge in [-0.15, -0.1) is 0 Å². The summed E-state index contributed by atoms with van der Waals surface area (Å²) in [6, 6.07) is 5.81. The van der Waals surface area contributed by atoms with Gasteiger partial charge in [-0.2, -0.15) is 23.5 Å². The predicted octanol–water partition coefficient (Wildman–Crippen LogP) is 19.4. The lowest BCUT2D eigenvalue weighted by Crippen LogP contribution is -2.09. The topological polar surface area (TPSA) is 72.8 Å². The molecule has 0 aliphatic heterocycles. The predicted molar refractivity (Wildman–Crippen MR) is 290 cm³/mol. The lowest BCUT2D eigenvalue weighted by molar-refractivity contribution is -0.144. The van der Waals surface area contributed by atoms with Crippen LogP contribution < -0.4 is 0 Å². The first-order valence-electron chi connectivity index (χ1n) is 28.2. The van der Waals surface area contributed by atoms with Crippen molar-refractivity contribution in [1.82, 2.24) is 0 Å². The van der Waals surface area contributed by atoms with Crippen LogP contribution in [0.5, 0.6) is 5.75 Å². The molecule has 0 saturated heterocycles. The quantitative estimate of drug-likeness (QED) is 0.0515. The summed E-state index contributed by atoms with van der Waals surface area (Å²) in [5.41, 5.74) is 2.30. The number of hydrogen-bond acceptors (Lipinski definition) is 7. The van der Waals surface area contributed by atoms with E-state index in [2.05, 4.69) is 26.8 Å². The first-order chi connectivity index (χ1) is 32.0. The average molecular weight is 950 g/mol. The van der Waals surface area contributed by atoms with Gasteiger partial charge >= 0.3 is 11.9 Å². The molecule has 0 aliphatic rings. The van der Waals surface area contributed by atoms with E-state index in [-0.39, 0.29) is 11.9 Å². The minimum atomic E-state index is -0.107. The van der Waals surface area contributed by atoms with Gasteiger partial charge in [0, 0.05) is 17.3 Å². The van der Waals surface area contributed by atoms with Gasteiger partial charge in [-0.05, 0) is 49.1 Å². The zero-order valence-electron chi connectivity index (χ0n) is 43.7. The number of phenolic OH excluding ortho intramolecular Hbond substituents is 1. The summed E-state index contributed by atoms with van der Waals surface area (Å²) in [5, 5.41) is 9.61. The van der Waals surface area contributed by atoms with Crippen LogP contribution in [0.15, 0.2) is 18.2 Å². The lowest BCUT2D eigenvalue weighted by atomic mass is 10.0. The Morgan fingerprint density at radius 2 is 0.723 bits per heavy atom. The third-order valence-corrected chi connectivity index (χ3v) is 14.8. The maximum Gasteiger partial charge on any atom is 0.306 e. The second-order valence-electron chi connectivity index (χ2n) is 19.0. The Bertz CT molecular complexity index is 1080. The second-order valence-corrected chi connectivity index (χ2v) is 21.4. The van der Waals surface area contributed by atoms with E-state index in [1.54, 1.807) is 17.8 Å². The Balaban J connectivity index is 0.00000188. The van der Waals surface area contributed by atoms with Crippen molar-refractivity contribution in [2.24, 2.45) is 0 Å². The summed E-state index contributed by atoms with van der Waals surface area (Å²) in [6.07, 6.45) is 52.1. The molecule has 1 N–H and O–H groups in total. The molecule has 65 heavy (non-hydrogen) atoms. The highest BCUT2D eigenvalue weighted by atomic mass is 32.2. The second kappa shape index (κ2) is 53.6. The van der Waals surface area contributed by atoms with Crippen LogP contribution in [0.4, 0.5) is 0 Å².